The Bertz CT molecular complexity index is 890. The Balaban J connectivity index is 1.77. The lowest BCUT2D eigenvalue weighted by Crippen LogP contribution is -2.37. The average Bonchev–Trinajstić information content (AvgIpc) is 2.72. The highest BCUT2D eigenvalue weighted by atomic mass is 32.2. The Kier molecular flexibility index (Phi) is 6.61. The van der Waals surface area contributed by atoms with E-state index in [4.69, 9.17) is 5.73 Å². The molecule has 3 N–H and O–H groups in total. The lowest BCUT2D eigenvalue weighted by Gasteiger charge is -2.26. The van der Waals surface area contributed by atoms with Crippen LogP contribution in [0.25, 0.3) is 0 Å². The van der Waals surface area contributed by atoms with Gasteiger partial charge in [0.25, 0.3) is 0 Å². The Morgan fingerprint density at radius 3 is 2.15 bits per heavy atom. The number of allylic oxidation sites excluding steroid dienone is 4. The highest BCUT2D eigenvalue weighted by Crippen LogP contribution is 2.28. The Morgan fingerprint density at radius 2 is 1.56 bits per heavy atom. The van der Waals surface area contributed by atoms with Crippen LogP contribution in [0.2, 0.25) is 0 Å². The fourth-order valence-electron chi connectivity index (χ4n) is 3.25. The molecule has 0 bridgehead atoms. The topological polar surface area (TPSA) is 72.2 Å². The molecule has 27 heavy (non-hydrogen) atoms. The molecule has 1 aliphatic carbocycles. The van der Waals surface area contributed by atoms with Gasteiger partial charge in [0.1, 0.15) is 0 Å². The van der Waals surface area contributed by atoms with Gasteiger partial charge in [-0.1, -0.05) is 84.5 Å². The van der Waals surface area contributed by atoms with Crippen LogP contribution < -0.4 is 10.5 Å². The first-order chi connectivity index (χ1) is 13.1. The molecule has 2 atom stereocenters. The van der Waals surface area contributed by atoms with E-state index in [1.54, 1.807) is 0 Å². The van der Waals surface area contributed by atoms with Crippen molar-refractivity contribution in [3.63, 3.8) is 0 Å². The molecule has 0 saturated heterocycles. The molecule has 0 spiro atoms. The molecule has 2 aromatic carbocycles. The average molecular weight is 383 g/mol. The summed E-state index contributed by atoms with van der Waals surface area (Å²) >= 11 is 0. The lowest BCUT2D eigenvalue weighted by atomic mass is 9.95. The van der Waals surface area contributed by atoms with Crippen LogP contribution in [0.5, 0.6) is 0 Å². The number of nitrogens with two attached hydrogens (primary N) is 1. The fourth-order valence-corrected chi connectivity index (χ4v) is 4.57. The second kappa shape index (κ2) is 9.13. The van der Waals surface area contributed by atoms with Crippen molar-refractivity contribution in [1.82, 2.24) is 4.72 Å². The van der Waals surface area contributed by atoms with Crippen molar-refractivity contribution >= 4 is 10.0 Å². The number of benzene rings is 2. The molecule has 0 heterocycles. The van der Waals surface area contributed by atoms with Gasteiger partial charge in [-0.15, -0.1) is 0 Å². The Morgan fingerprint density at radius 1 is 0.926 bits per heavy atom. The quantitative estimate of drug-likeness (QED) is 0.678. The van der Waals surface area contributed by atoms with E-state index in [9.17, 15) is 8.42 Å². The fraction of sp³-hybridized carbons (Fsp3) is 0.273. The molecule has 0 saturated carbocycles. The summed E-state index contributed by atoms with van der Waals surface area (Å²) in [6.45, 7) is 0. The first-order valence-corrected chi connectivity index (χ1v) is 10.9. The highest BCUT2D eigenvalue weighted by molar-refractivity contribution is 7.89. The molecule has 0 aliphatic heterocycles. The zero-order chi connectivity index (χ0) is 19.1. The van der Waals surface area contributed by atoms with E-state index in [1.165, 1.54) is 5.57 Å². The van der Waals surface area contributed by atoms with E-state index in [-0.39, 0.29) is 5.75 Å². The molecule has 1 aliphatic rings. The summed E-state index contributed by atoms with van der Waals surface area (Å²) < 4.78 is 28.4. The van der Waals surface area contributed by atoms with Gasteiger partial charge in [0, 0.05) is 0 Å². The minimum atomic E-state index is -3.48. The van der Waals surface area contributed by atoms with Crippen molar-refractivity contribution in [2.45, 2.75) is 31.3 Å². The number of rotatable bonds is 8. The van der Waals surface area contributed by atoms with Gasteiger partial charge >= 0.3 is 0 Å². The monoisotopic (exact) mass is 382 g/mol. The zero-order valence-electron chi connectivity index (χ0n) is 15.3. The summed E-state index contributed by atoms with van der Waals surface area (Å²) in [6, 6.07) is 18.1. The molecule has 3 rings (SSSR count). The van der Waals surface area contributed by atoms with E-state index in [0.29, 0.717) is 6.42 Å². The third-order valence-electron chi connectivity index (χ3n) is 4.79. The van der Waals surface area contributed by atoms with E-state index in [2.05, 4.69) is 23.0 Å². The van der Waals surface area contributed by atoms with Crippen LogP contribution in [0.3, 0.4) is 0 Å². The van der Waals surface area contributed by atoms with Crippen LogP contribution in [0.15, 0.2) is 84.5 Å². The van der Waals surface area contributed by atoms with Crippen LogP contribution in [-0.4, -0.2) is 14.2 Å². The van der Waals surface area contributed by atoms with Gasteiger partial charge in [-0.05, 0) is 30.4 Å². The second-order valence-electron chi connectivity index (χ2n) is 6.79. The van der Waals surface area contributed by atoms with Gasteiger partial charge in [0.15, 0.2) is 0 Å². The molecule has 4 nitrogen and oxygen atoms in total. The summed E-state index contributed by atoms with van der Waals surface area (Å²) in [7, 11) is -3.48. The largest absolute Gasteiger partial charge is 0.322 e. The van der Waals surface area contributed by atoms with Crippen LogP contribution in [0.1, 0.15) is 42.5 Å². The van der Waals surface area contributed by atoms with Gasteiger partial charge in [-0.3, -0.25) is 0 Å². The smallest absolute Gasteiger partial charge is 0.212 e. The first-order valence-electron chi connectivity index (χ1n) is 9.23. The van der Waals surface area contributed by atoms with Gasteiger partial charge in [-0.25, -0.2) is 13.1 Å². The maximum absolute atomic E-state index is 12.8. The normalized spacial score (nSPS) is 16.6. The molecular formula is C22H26N2O2S. The standard InChI is InChI=1S/C22H26N2O2S/c23-21(19-12-6-2-7-13-19)22(20-14-8-3-9-15-20)24-27(25,26)17-16-18-10-4-1-5-11-18/h1-4,6-9,11-15,21-22,24H,5,10,16-17,23H2/t21-,22+/m1/s1. The summed E-state index contributed by atoms with van der Waals surface area (Å²) in [4.78, 5) is 0. The summed E-state index contributed by atoms with van der Waals surface area (Å²) in [5.41, 5.74) is 9.40. The maximum Gasteiger partial charge on any atom is 0.212 e. The Labute approximate surface area is 161 Å². The molecule has 0 radical (unpaired) electrons. The third-order valence-corrected chi connectivity index (χ3v) is 6.14. The van der Waals surface area contributed by atoms with Crippen molar-refractivity contribution in [2.75, 3.05) is 5.75 Å². The maximum atomic E-state index is 12.8. The van der Waals surface area contributed by atoms with Crippen molar-refractivity contribution in [3.8, 4) is 0 Å². The predicted molar refractivity (Wildman–Crippen MR) is 111 cm³/mol. The first kappa shape index (κ1) is 19.5. The molecule has 0 fully saturated rings. The highest BCUT2D eigenvalue weighted by Gasteiger charge is 2.26. The van der Waals surface area contributed by atoms with Crippen LogP contribution in [0.4, 0.5) is 0 Å². The second-order valence-corrected chi connectivity index (χ2v) is 8.66. The number of sulfonamides is 1. The van der Waals surface area contributed by atoms with Crippen LogP contribution in [0, 0.1) is 0 Å². The van der Waals surface area contributed by atoms with E-state index < -0.39 is 22.1 Å². The SMILES string of the molecule is N[C@H](c1ccccc1)[C@@H](NS(=O)(=O)CCC1=CCC=CC1)c1ccccc1. The molecule has 0 unspecified atom stereocenters. The number of nitrogens with one attached hydrogen (secondary N) is 1. The van der Waals surface area contributed by atoms with Crippen molar-refractivity contribution in [1.29, 1.82) is 0 Å². The van der Waals surface area contributed by atoms with Crippen molar-refractivity contribution < 1.29 is 8.42 Å². The zero-order valence-corrected chi connectivity index (χ0v) is 16.1. The Hall–Kier alpha value is -2.21. The van der Waals surface area contributed by atoms with Crippen molar-refractivity contribution in [2.24, 2.45) is 5.73 Å². The molecule has 142 valence electrons. The predicted octanol–water partition coefficient (Wildman–Crippen LogP) is 4.01. The van der Waals surface area contributed by atoms with Gasteiger partial charge in [0.05, 0.1) is 17.8 Å². The molecule has 5 heteroatoms. The van der Waals surface area contributed by atoms with E-state index in [0.717, 1.165) is 24.0 Å². The minimum Gasteiger partial charge on any atom is -0.322 e. The van der Waals surface area contributed by atoms with E-state index in [1.807, 2.05) is 60.7 Å². The van der Waals surface area contributed by atoms with Crippen LogP contribution >= 0.6 is 0 Å². The number of hydrogen-bond donors (Lipinski definition) is 2. The molecular weight excluding hydrogens is 356 g/mol. The summed E-state index contributed by atoms with van der Waals surface area (Å²) in [5, 5.41) is 0. The number of hydrogen-bond acceptors (Lipinski definition) is 3. The molecule has 0 aromatic heterocycles. The molecule has 0 amide bonds. The lowest BCUT2D eigenvalue weighted by molar-refractivity contribution is 0.503. The van der Waals surface area contributed by atoms with Crippen molar-refractivity contribution in [3.05, 3.63) is 95.6 Å². The summed E-state index contributed by atoms with van der Waals surface area (Å²) in [5.74, 6) is 0.0670. The van der Waals surface area contributed by atoms with Gasteiger partial charge in [-0.2, -0.15) is 0 Å². The van der Waals surface area contributed by atoms with Gasteiger partial charge in [0.2, 0.25) is 10.0 Å². The van der Waals surface area contributed by atoms with Gasteiger partial charge < -0.3 is 5.73 Å². The summed E-state index contributed by atoms with van der Waals surface area (Å²) in [6.07, 6.45) is 8.56. The van der Waals surface area contributed by atoms with E-state index >= 15 is 0 Å². The third kappa shape index (κ3) is 5.63. The van der Waals surface area contributed by atoms with Crippen LogP contribution in [-0.2, 0) is 10.0 Å². The minimum absolute atomic E-state index is 0.0670. The molecule has 2 aromatic rings.